The molecule has 0 radical (unpaired) electrons. The van der Waals surface area contributed by atoms with E-state index in [0.29, 0.717) is 36.1 Å². The monoisotopic (exact) mass is 340 g/mol. The third-order valence-electron chi connectivity index (χ3n) is 3.26. The lowest BCUT2D eigenvalue weighted by Gasteiger charge is -2.04. The molecule has 0 fully saturated rings. The number of carbonyl (C=O) groups excluding carboxylic acids is 1. The summed E-state index contributed by atoms with van der Waals surface area (Å²) in [4.78, 5) is 28.6. The molecule has 9 heteroatoms. The zero-order chi connectivity index (χ0) is 17.5. The Balaban J connectivity index is 1.52. The standard InChI is InChI=1S/C16H16N6O3/c1-24-10-13-21-14(25-22-13)4-7-18-16(23)12-8-19-15(20-9-12)11-2-5-17-6-3-11/h2-3,5-6,8-9H,4,7,10H2,1H3,(H,18,23). The lowest BCUT2D eigenvalue weighted by atomic mass is 10.2. The highest BCUT2D eigenvalue weighted by Crippen LogP contribution is 2.12. The number of methoxy groups -OCH3 is 1. The van der Waals surface area contributed by atoms with Crippen molar-refractivity contribution in [2.24, 2.45) is 0 Å². The highest BCUT2D eigenvalue weighted by Gasteiger charge is 2.10. The summed E-state index contributed by atoms with van der Waals surface area (Å²) in [6, 6.07) is 3.61. The first-order valence-corrected chi connectivity index (χ1v) is 7.57. The Morgan fingerprint density at radius 2 is 2.00 bits per heavy atom. The molecule has 1 N–H and O–H groups in total. The van der Waals surface area contributed by atoms with Gasteiger partial charge in [0.15, 0.2) is 11.6 Å². The van der Waals surface area contributed by atoms with Gasteiger partial charge in [0.1, 0.15) is 6.61 Å². The molecule has 3 aromatic rings. The summed E-state index contributed by atoms with van der Waals surface area (Å²) in [5.74, 6) is 1.19. The molecule has 0 aliphatic heterocycles. The predicted octanol–water partition coefficient (Wildman–Crippen LogP) is 1.04. The molecule has 25 heavy (non-hydrogen) atoms. The Morgan fingerprint density at radius 3 is 2.72 bits per heavy atom. The van der Waals surface area contributed by atoms with E-state index in [1.165, 1.54) is 12.4 Å². The van der Waals surface area contributed by atoms with Gasteiger partial charge in [-0.3, -0.25) is 9.78 Å². The molecule has 0 aliphatic rings. The molecule has 0 atom stereocenters. The molecule has 1 amide bonds. The minimum Gasteiger partial charge on any atom is -0.377 e. The van der Waals surface area contributed by atoms with Crippen molar-refractivity contribution in [3.8, 4) is 11.4 Å². The molecule has 0 bridgehead atoms. The average Bonchev–Trinajstić information content (AvgIpc) is 3.10. The molecule has 3 rings (SSSR count). The van der Waals surface area contributed by atoms with Crippen molar-refractivity contribution in [2.75, 3.05) is 13.7 Å². The normalized spacial score (nSPS) is 10.6. The number of aromatic nitrogens is 5. The molecule has 9 nitrogen and oxygen atoms in total. The van der Waals surface area contributed by atoms with E-state index in [2.05, 4.69) is 30.4 Å². The molecular weight excluding hydrogens is 324 g/mol. The third-order valence-corrected chi connectivity index (χ3v) is 3.26. The molecule has 0 spiro atoms. The number of pyridine rings is 1. The Bertz CT molecular complexity index is 819. The summed E-state index contributed by atoms with van der Waals surface area (Å²) >= 11 is 0. The fourth-order valence-corrected chi connectivity index (χ4v) is 2.06. The zero-order valence-corrected chi connectivity index (χ0v) is 13.5. The van der Waals surface area contributed by atoms with Gasteiger partial charge in [0.2, 0.25) is 5.89 Å². The molecule has 3 heterocycles. The van der Waals surface area contributed by atoms with Crippen LogP contribution in [-0.4, -0.2) is 44.7 Å². The largest absolute Gasteiger partial charge is 0.377 e. The van der Waals surface area contributed by atoms with E-state index in [0.717, 1.165) is 5.56 Å². The Morgan fingerprint density at radius 1 is 1.24 bits per heavy atom. The number of rotatable bonds is 7. The summed E-state index contributed by atoms with van der Waals surface area (Å²) in [7, 11) is 1.55. The number of amides is 1. The number of nitrogens with zero attached hydrogens (tertiary/aromatic N) is 5. The fraction of sp³-hybridized carbons (Fsp3) is 0.250. The lowest BCUT2D eigenvalue weighted by Crippen LogP contribution is -2.26. The van der Waals surface area contributed by atoms with Crippen molar-refractivity contribution < 1.29 is 14.1 Å². The van der Waals surface area contributed by atoms with Crippen molar-refractivity contribution in [1.82, 2.24) is 30.4 Å². The van der Waals surface area contributed by atoms with E-state index < -0.39 is 0 Å². The van der Waals surface area contributed by atoms with Gasteiger partial charge in [0.05, 0.1) is 5.56 Å². The minimum atomic E-state index is -0.266. The van der Waals surface area contributed by atoms with Crippen molar-refractivity contribution >= 4 is 5.91 Å². The number of hydrogen-bond acceptors (Lipinski definition) is 8. The Hall–Kier alpha value is -3.20. The van der Waals surface area contributed by atoms with E-state index in [4.69, 9.17) is 9.26 Å². The van der Waals surface area contributed by atoms with Gasteiger partial charge >= 0.3 is 0 Å². The second-order valence-electron chi connectivity index (χ2n) is 5.07. The van der Waals surface area contributed by atoms with Crippen LogP contribution >= 0.6 is 0 Å². The molecule has 3 aromatic heterocycles. The summed E-state index contributed by atoms with van der Waals surface area (Å²) < 4.78 is 9.96. The lowest BCUT2D eigenvalue weighted by molar-refractivity contribution is 0.0952. The Kier molecular flexibility index (Phi) is 5.37. The van der Waals surface area contributed by atoms with Crippen LogP contribution in [0.25, 0.3) is 11.4 Å². The smallest absolute Gasteiger partial charge is 0.254 e. The second kappa shape index (κ2) is 8.06. The summed E-state index contributed by atoms with van der Waals surface area (Å²) in [5, 5.41) is 6.51. The van der Waals surface area contributed by atoms with Crippen molar-refractivity contribution in [1.29, 1.82) is 0 Å². The van der Waals surface area contributed by atoms with Crippen LogP contribution < -0.4 is 5.32 Å². The van der Waals surface area contributed by atoms with Gasteiger partial charge in [0.25, 0.3) is 5.91 Å². The average molecular weight is 340 g/mol. The van der Waals surface area contributed by atoms with Gasteiger partial charge in [-0.1, -0.05) is 5.16 Å². The van der Waals surface area contributed by atoms with E-state index >= 15 is 0 Å². The highest BCUT2D eigenvalue weighted by atomic mass is 16.5. The van der Waals surface area contributed by atoms with Crippen LogP contribution in [0.3, 0.4) is 0 Å². The second-order valence-corrected chi connectivity index (χ2v) is 5.07. The maximum Gasteiger partial charge on any atom is 0.254 e. The van der Waals surface area contributed by atoms with Gasteiger partial charge in [0, 0.05) is 50.4 Å². The van der Waals surface area contributed by atoms with Crippen LogP contribution in [0.5, 0.6) is 0 Å². The van der Waals surface area contributed by atoms with Gasteiger partial charge < -0.3 is 14.6 Å². The van der Waals surface area contributed by atoms with Gasteiger partial charge in [-0.15, -0.1) is 0 Å². The number of nitrogens with one attached hydrogen (secondary N) is 1. The number of ether oxygens (including phenoxy) is 1. The Labute approximate surface area is 143 Å². The quantitative estimate of drug-likeness (QED) is 0.678. The molecule has 0 unspecified atom stereocenters. The molecule has 128 valence electrons. The first-order valence-electron chi connectivity index (χ1n) is 7.57. The van der Waals surface area contributed by atoms with Crippen LogP contribution in [0.4, 0.5) is 0 Å². The number of hydrogen-bond donors (Lipinski definition) is 1. The SMILES string of the molecule is COCc1noc(CCNC(=O)c2cnc(-c3ccncc3)nc2)n1. The number of carbonyl (C=O) groups is 1. The minimum absolute atomic E-state index is 0.266. The topological polar surface area (TPSA) is 116 Å². The van der Waals surface area contributed by atoms with E-state index in [1.807, 2.05) is 0 Å². The van der Waals surface area contributed by atoms with Gasteiger partial charge in [-0.25, -0.2) is 9.97 Å². The molecular formula is C16H16N6O3. The first kappa shape index (κ1) is 16.7. The molecule has 0 aliphatic carbocycles. The molecule has 0 saturated heterocycles. The summed E-state index contributed by atoms with van der Waals surface area (Å²) in [6.07, 6.45) is 6.73. The highest BCUT2D eigenvalue weighted by molar-refractivity contribution is 5.93. The van der Waals surface area contributed by atoms with Crippen molar-refractivity contribution in [3.05, 3.63) is 54.2 Å². The van der Waals surface area contributed by atoms with Crippen molar-refractivity contribution in [2.45, 2.75) is 13.0 Å². The zero-order valence-electron chi connectivity index (χ0n) is 13.5. The molecule has 0 saturated carbocycles. The maximum absolute atomic E-state index is 12.1. The van der Waals surface area contributed by atoms with Crippen LogP contribution in [0.2, 0.25) is 0 Å². The van der Waals surface area contributed by atoms with Crippen molar-refractivity contribution in [3.63, 3.8) is 0 Å². The first-order chi connectivity index (χ1) is 12.3. The van der Waals surface area contributed by atoms with Crippen LogP contribution in [0, 0.1) is 0 Å². The maximum atomic E-state index is 12.1. The fourth-order valence-electron chi connectivity index (χ4n) is 2.06. The molecule has 0 aromatic carbocycles. The van der Waals surface area contributed by atoms with Gasteiger partial charge in [-0.05, 0) is 12.1 Å². The summed E-state index contributed by atoms with van der Waals surface area (Å²) in [6.45, 7) is 0.649. The van der Waals surface area contributed by atoms with E-state index in [-0.39, 0.29) is 12.5 Å². The van der Waals surface area contributed by atoms with Crippen LogP contribution in [0.1, 0.15) is 22.1 Å². The van der Waals surface area contributed by atoms with Crippen LogP contribution in [0.15, 0.2) is 41.4 Å². The van der Waals surface area contributed by atoms with E-state index in [9.17, 15) is 4.79 Å². The van der Waals surface area contributed by atoms with Gasteiger partial charge in [-0.2, -0.15) is 4.98 Å². The summed E-state index contributed by atoms with van der Waals surface area (Å²) in [5.41, 5.74) is 1.22. The third kappa shape index (κ3) is 4.42. The van der Waals surface area contributed by atoms with Crippen LogP contribution in [-0.2, 0) is 17.8 Å². The predicted molar refractivity (Wildman–Crippen MR) is 86.3 cm³/mol. The van der Waals surface area contributed by atoms with E-state index in [1.54, 1.807) is 31.6 Å².